The van der Waals surface area contributed by atoms with E-state index >= 15 is 0 Å². The van der Waals surface area contributed by atoms with Crippen LogP contribution < -0.4 is 10.5 Å². The summed E-state index contributed by atoms with van der Waals surface area (Å²) in [5, 5.41) is 2.23. The van der Waals surface area contributed by atoms with E-state index in [0.29, 0.717) is 12.5 Å². The predicted octanol–water partition coefficient (Wildman–Crippen LogP) is 2.58. The van der Waals surface area contributed by atoms with Crippen LogP contribution in [0.3, 0.4) is 0 Å². The van der Waals surface area contributed by atoms with Gasteiger partial charge in [0.25, 0.3) is 10.2 Å². The monoisotopic (exact) mass is 381 g/mol. The standard InChI is InChI=1S/C18H23N3O2S.ClH/c19-11-18(16-7-6-14-3-1-2-4-15(14)10-16)20-24(22,23)21-12-13-5-8-17(21)9-13;/h1-4,6-7,10,13,17-18,20H,5,8-9,11-12,19H2;1H. The molecule has 2 aromatic rings. The molecule has 7 heteroatoms. The second-order valence-corrected chi connectivity index (χ2v) is 8.58. The van der Waals surface area contributed by atoms with E-state index in [2.05, 4.69) is 4.72 Å². The van der Waals surface area contributed by atoms with Crippen LogP contribution in [0.25, 0.3) is 10.8 Å². The molecule has 136 valence electrons. The Kier molecular flexibility index (Phi) is 5.37. The fourth-order valence-corrected chi connectivity index (χ4v) is 5.82. The van der Waals surface area contributed by atoms with Crippen molar-refractivity contribution < 1.29 is 8.42 Å². The summed E-state index contributed by atoms with van der Waals surface area (Å²) in [4.78, 5) is 0. The van der Waals surface area contributed by atoms with Crippen LogP contribution in [0, 0.1) is 5.92 Å². The van der Waals surface area contributed by atoms with Gasteiger partial charge in [0, 0.05) is 19.1 Å². The zero-order valence-electron chi connectivity index (χ0n) is 14.0. The fraction of sp³-hybridized carbons (Fsp3) is 0.444. The van der Waals surface area contributed by atoms with Gasteiger partial charge in [0.05, 0.1) is 6.04 Å². The Balaban J connectivity index is 0.00000182. The van der Waals surface area contributed by atoms with Gasteiger partial charge in [-0.3, -0.25) is 0 Å². The van der Waals surface area contributed by atoms with Gasteiger partial charge in [0.2, 0.25) is 0 Å². The summed E-state index contributed by atoms with van der Waals surface area (Å²) in [6.45, 7) is 0.883. The Morgan fingerprint density at radius 1 is 1.16 bits per heavy atom. The number of nitrogens with two attached hydrogens (primary N) is 1. The number of fused-ring (bicyclic) bond motifs is 3. The Hall–Kier alpha value is -1.18. The Bertz CT molecular complexity index is 858. The third-order valence-corrected chi connectivity index (χ3v) is 7.02. The molecule has 4 rings (SSSR count). The van der Waals surface area contributed by atoms with E-state index in [1.165, 1.54) is 0 Å². The molecule has 0 radical (unpaired) electrons. The van der Waals surface area contributed by atoms with Crippen LogP contribution in [0.2, 0.25) is 0 Å². The van der Waals surface area contributed by atoms with Crippen molar-refractivity contribution >= 4 is 33.4 Å². The summed E-state index contributed by atoms with van der Waals surface area (Å²) in [6.07, 6.45) is 3.14. The molecule has 0 spiro atoms. The van der Waals surface area contributed by atoms with Crippen molar-refractivity contribution in [1.29, 1.82) is 0 Å². The van der Waals surface area contributed by atoms with Crippen molar-refractivity contribution in [3.8, 4) is 0 Å². The zero-order valence-corrected chi connectivity index (χ0v) is 15.6. The summed E-state index contributed by atoms with van der Waals surface area (Å²) in [6, 6.07) is 13.8. The molecule has 1 aliphatic heterocycles. The average molecular weight is 382 g/mol. The minimum atomic E-state index is -3.50. The number of hydrogen-bond donors (Lipinski definition) is 2. The largest absolute Gasteiger partial charge is 0.329 e. The molecule has 3 unspecified atom stereocenters. The van der Waals surface area contributed by atoms with Gasteiger partial charge in [-0.1, -0.05) is 36.4 Å². The van der Waals surface area contributed by atoms with Crippen molar-refractivity contribution in [2.75, 3.05) is 13.1 Å². The summed E-state index contributed by atoms with van der Waals surface area (Å²) >= 11 is 0. The molecule has 5 nitrogen and oxygen atoms in total. The first-order chi connectivity index (χ1) is 11.6. The second kappa shape index (κ2) is 7.21. The van der Waals surface area contributed by atoms with Crippen molar-refractivity contribution in [2.24, 2.45) is 11.7 Å². The summed E-state index contributed by atoms with van der Waals surface area (Å²) in [5.74, 6) is 0.531. The third-order valence-electron chi connectivity index (χ3n) is 5.37. The van der Waals surface area contributed by atoms with E-state index in [1.807, 2.05) is 42.5 Å². The Morgan fingerprint density at radius 3 is 2.56 bits per heavy atom. The Labute approximate surface area is 155 Å². The number of nitrogens with one attached hydrogen (secondary N) is 1. The lowest BCUT2D eigenvalue weighted by Crippen LogP contribution is -2.47. The lowest BCUT2D eigenvalue weighted by atomic mass is 10.0. The van der Waals surface area contributed by atoms with Crippen LogP contribution >= 0.6 is 12.4 Å². The fourth-order valence-electron chi connectivity index (χ4n) is 4.10. The zero-order chi connectivity index (χ0) is 16.7. The van der Waals surface area contributed by atoms with Gasteiger partial charge < -0.3 is 5.73 Å². The highest BCUT2D eigenvalue weighted by molar-refractivity contribution is 7.87. The van der Waals surface area contributed by atoms with Crippen molar-refractivity contribution in [1.82, 2.24) is 9.03 Å². The lowest BCUT2D eigenvalue weighted by molar-refractivity contribution is 0.326. The van der Waals surface area contributed by atoms with Gasteiger partial charge in [-0.05, 0) is 47.6 Å². The quantitative estimate of drug-likeness (QED) is 0.835. The first-order valence-electron chi connectivity index (χ1n) is 8.54. The molecule has 2 fully saturated rings. The van der Waals surface area contributed by atoms with Crippen LogP contribution in [0.1, 0.15) is 30.9 Å². The maximum absolute atomic E-state index is 12.8. The summed E-state index contributed by atoms with van der Waals surface area (Å²) in [7, 11) is -3.50. The highest BCUT2D eigenvalue weighted by atomic mass is 35.5. The molecule has 25 heavy (non-hydrogen) atoms. The normalized spacial score (nSPS) is 24.4. The van der Waals surface area contributed by atoms with Crippen LogP contribution in [-0.4, -0.2) is 31.9 Å². The molecule has 2 bridgehead atoms. The van der Waals surface area contributed by atoms with E-state index in [4.69, 9.17) is 5.73 Å². The van der Waals surface area contributed by atoms with Crippen LogP contribution in [0.4, 0.5) is 0 Å². The van der Waals surface area contributed by atoms with Crippen LogP contribution in [0.15, 0.2) is 42.5 Å². The molecule has 0 amide bonds. The minimum Gasteiger partial charge on any atom is -0.329 e. The molecule has 1 saturated carbocycles. The molecule has 2 aliphatic rings. The summed E-state index contributed by atoms with van der Waals surface area (Å²) < 4.78 is 30.0. The molecule has 1 aliphatic carbocycles. The number of hydrogen-bond acceptors (Lipinski definition) is 3. The molecular formula is C18H24ClN3O2S. The second-order valence-electron chi connectivity index (χ2n) is 6.92. The van der Waals surface area contributed by atoms with Gasteiger partial charge in [-0.15, -0.1) is 12.4 Å². The molecule has 2 aromatic carbocycles. The van der Waals surface area contributed by atoms with Gasteiger partial charge in [-0.25, -0.2) is 0 Å². The maximum atomic E-state index is 12.8. The number of rotatable bonds is 5. The predicted molar refractivity (Wildman–Crippen MR) is 103 cm³/mol. The van der Waals surface area contributed by atoms with Gasteiger partial charge in [0.15, 0.2) is 0 Å². The van der Waals surface area contributed by atoms with E-state index in [9.17, 15) is 8.42 Å². The SMILES string of the molecule is Cl.NCC(NS(=O)(=O)N1CC2CCC1C2)c1ccc2ccccc2c1. The minimum absolute atomic E-state index is 0. The number of benzene rings is 2. The third kappa shape index (κ3) is 3.55. The Morgan fingerprint density at radius 2 is 1.92 bits per heavy atom. The topological polar surface area (TPSA) is 75.4 Å². The molecule has 0 aromatic heterocycles. The molecular weight excluding hydrogens is 358 g/mol. The van der Waals surface area contributed by atoms with Gasteiger partial charge >= 0.3 is 0 Å². The van der Waals surface area contributed by atoms with E-state index in [1.54, 1.807) is 4.31 Å². The lowest BCUT2D eigenvalue weighted by Gasteiger charge is -2.28. The van der Waals surface area contributed by atoms with Crippen LogP contribution in [0.5, 0.6) is 0 Å². The highest BCUT2D eigenvalue weighted by Gasteiger charge is 2.44. The first kappa shape index (κ1) is 18.6. The molecule has 3 atom stereocenters. The van der Waals surface area contributed by atoms with Gasteiger partial charge in [-0.2, -0.15) is 17.4 Å². The van der Waals surface area contributed by atoms with E-state index in [-0.39, 0.29) is 25.0 Å². The molecule has 1 saturated heterocycles. The van der Waals surface area contributed by atoms with Gasteiger partial charge in [0.1, 0.15) is 0 Å². The maximum Gasteiger partial charge on any atom is 0.280 e. The number of nitrogens with zero attached hydrogens (tertiary/aromatic N) is 1. The number of piperidine rings is 1. The molecule has 3 N–H and O–H groups in total. The average Bonchev–Trinajstić information content (AvgIpc) is 3.23. The summed E-state index contributed by atoms with van der Waals surface area (Å²) in [5.41, 5.74) is 6.79. The first-order valence-corrected chi connectivity index (χ1v) is 9.98. The van der Waals surface area contributed by atoms with Crippen LogP contribution in [-0.2, 0) is 10.2 Å². The van der Waals surface area contributed by atoms with Crippen molar-refractivity contribution in [2.45, 2.75) is 31.3 Å². The molecule has 1 heterocycles. The van der Waals surface area contributed by atoms with E-state index < -0.39 is 16.3 Å². The highest BCUT2D eigenvalue weighted by Crippen LogP contribution is 2.39. The smallest absolute Gasteiger partial charge is 0.280 e. The van der Waals surface area contributed by atoms with Crippen molar-refractivity contribution in [3.63, 3.8) is 0 Å². The number of halogens is 1. The van der Waals surface area contributed by atoms with E-state index in [0.717, 1.165) is 35.6 Å². The van der Waals surface area contributed by atoms with Crippen molar-refractivity contribution in [3.05, 3.63) is 48.0 Å².